The maximum absolute atomic E-state index is 13.0. The molecule has 2 heterocycles. The fraction of sp³-hybridized carbons (Fsp3) is 0.357. The number of nitrogens with zero attached hydrogens (tertiary/aromatic N) is 2. The highest BCUT2D eigenvalue weighted by molar-refractivity contribution is 5.94. The highest BCUT2D eigenvalue weighted by Crippen LogP contribution is 2.29. The van der Waals surface area contributed by atoms with Gasteiger partial charge in [-0.05, 0) is 55.2 Å². The highest BCUT2D eigenvalue weighted by Gasteiger charge is 2.23. The van der Waals surface area contributed by atoms with E-state index in [1.807, 2.05) is 19.1 Å². The lowest BCUT2D eigenvalue weighted by molar-refractivity contribution is 0.0925. The molecular weight excluding hydrogens is 426 g/mol. The van der Waals surface area contributed by atoms with Crippen LogP contribution in [0.2, 0.25) is 0 Å². The predicted octanol–water partition coefficient (Wildman–Crippen LogP) is 4.63. The summed E-state index contributed by atoms with van der Waals surface area (Å²) in [6.45, 7) is 7.53. The van der Waals surface area contributed by atoms with Gasteiger partial charge in [0, 0.05) is 49.2 Å². The number of hydrogen-bond acceptors (Lipinski definition) is 5. The van der Waals surface area contributed by atoms with Crippen molar-refractivity contribution in [3.63, 3.8) is 0 Å². The molecule has 2 aromatic carbocycles. The Morgan fingerprint density at radius 1 is 1.06 bits per heavy atom. The minimum Gasteiger partial charge on any atom is -0.490 e. The highest BCUT2D eigenvalue weighted by atomic mass is 16.5. The quantitative estimate of drug-likeness (QED) is 0.479. The lowest BCUT2D eigenvalue weighted by Crippen LogP contribution is -2.45. The molecule has 3 aromatic rings. The van der Waals surface area contributed by atoms with Crippen LogP contribution in [0.3, 0.4) is 0 Å². The molecule has 178 valence electrons. The molecule has 0 saturated carbocycles. The number of amides is 1. The molecule has 1 N–H and O–H groups in total. The van der Waals surface area contributed by atoms with Crippen molar-refractivity contribution in [2.75, 3.05) is 19.7 Å². The number of nitrogens with one attached hydrogen (secondary N) is 1. The number of fused-ring (bicyclic) bond motifs is 1. The molecule has 34 heavy (non-hydrogen) atoms. The van der Waals surface area contributed by atoms with Crippen molar-refractivity contribution >= 4 is 5.91 Å². The van der Waals surface area contributed by atoms with E-state index in [2.05, 4.69) is 46.4 Å². The smallest absolute Gasteiger partial charge is 0.251 e. The molecule has 6 nitrogen and oxygen atoms in total. The van der Waals surface area contributed by atoms with E-state index < -0.39 is 0 Å². The molecule has 6 heteroatoms. The first-order valence-corrected chi connectivity index (χ1v) is 12.1. The van der Waals surface area contributed by atoms with Crippen LogP contribution in [0.25, 0.3) is 0 Å². The first-order chi connectivity index (χ1) is 16.7. The van der Waals surface area contributed by atoms with Crippen molar-refractivity contribution in [3.8, 4) is 11.5 Å². The number of carbonyl (C=O) groups is 1. The van der Waals surface area contributed by atoms with Crippen LogP contribution >= 0.6 is 0 Å². The van der Waals surface area contributed by atoms with Gasteiger partial charge in [-0.15, -0.1) is 0 Å². The number of aromatic nitrogens is 1. The zero-order chi connectivity index (χ0) is 23.8. The van der Waals surface area contributed by atoms with Gasteiger partial charge in [0.2, 0.25) is 0 Å². The van der Waals surface area contributed by atoms with Gasteiger partial charge >= 0.3 is 0 Å². The molecule has 1 aliphatic rings. The third-order valence-corrected chi connectivity index (χ3v) is 6.27. The van der Waals surface area contributed by atoms with Crippen LogP contribution in [0.15, 0.2) is 67.0 Å². The predicted molar refractivity (Wildman–Crippen MR) is 133 cm³/mol. The summed E-state index contributed by atoms with van der Waals surface area (Å²) in [5.74, 6) is 1.08. The van der Waals surface area contributed by atoms with Gasteiger partial charge in [0.1, 0.15) is 6.61 Å². The van der Waals surface area contributed by atoms with Crippen LogP contribution in [0.4, 0.5) is 0 Å². The van der Waals surface area contributed by atoms with Crippen LogP contribution < -0.4 is 14.8 Å². The van der Waals surface area contributed by atoms with E-state index in [1.165, 1.54) is 11.1 Å². The second-order valence-corrected chi connectivity index (χ2v) is 8.51. The number of pyridine rings is 1. The van der Waals surface area contributed by atoms with Gasteiger partial charge in [-0.25, -0.2) is 0 Å². The molecule has 0 radical (unpaired) electrons. The summed E-state index contributed by atoms with van der Waals surface area (Å²) in [5, 5.41) is 3.13. The van der Waals surface area contributed by atoms with Crippen molar-refractivity contribution in [1.29, 1.82) is 0 Å². The van der Waals surface area contributed by atoms with Gasteiger partial charge in [-0.2, -0.15) is 0 Å². The van der Waals surface area contributed by atoms with E-state index in [0.29, 0.717) is 42.9 Å². The van der Waals surface area contributed by atoms with Gasteiger partial charge in [0.25, 0.3) is 5.91 Å². The second kappa shape index (κ2) is 11.7. The molecule has 1 amide bonds. The number of carbonyl (C=O) groups excluding carboxylic acids is 1. The molecule has 1 unspecified atom stereocenters. The van der Waals surface area contributed by atoms with Gasteiger partial charge < -0.3 is 14.8 Å². The van der Waals surface area contributed by atoms with Crippen LogP contribution in [-0.4, -0.2) is 41.5 Å². The number of benzene rings is 2. The summed E-state index contributed by atoms with van der Waals surface area (Å²) in [6, 6.07) is 18.1. The fourth-order valence-corrected chi connectivity index (χ4v) is 4.35. The third kappa shape index (κ3) is 5.94. The van der Waals surface area contributed by atoms with Crippen molar-refractivity contribution in [2.45, 2.75) is 45.9 Å². The van der Waals surface area contributed by atoms with Crippen molar-refractivity contribution < 1.29 is 14.3 Å². The van der Waals surface area contributed by atoms with Crippen LogP contribution in [0, 0.1) is 0 Å². The van der Waals surface area contributed by atoms with E-state index in [1.54, 1.807) is 30.6 Å². The molecular formula is C28H33N3O3. The number of rotatable bonds is 10. The normalized spacial score (nSPS) is 14.2. The van der Waals surface area contributed by atoms with Gasteiger partial charge in [-0.3, -0.25) is 14.7 Å². The average molecular weight is 460 g/mol. The summed E-state index contributed by atoms with van der Waals surface area (Å²) in [4.78, 5) is 19.5. The van der Waals surface area contributed by atoms with Gasteiger partial charge in [0.15, 0.2) is 11.5 Å². The minimum atomic E-state index is -0.101. The van der Waals surface area contributed by atoms with Gasteiger partial charge in [0.05, 0.1) is 6.61 Å². The zero-order valence-electron chi connectivity index (χ0n) is 20.0. The molecule has 0 fully saturated rings. The molecule has 1 aliphatic heterocycles. The largest absolute Gasteiger partial charge is 0.490 e. The first kappa shape index (κ1) is 23.8. The van der Waals surface area contributed by atoms with Crippen LogP contribution in [0.5, 0.6) is 11.5 Å². The molecule has 1 aromatic heterocycles. The summed E-state index contributed by atoms with van der Waals surface area (Å²) in [5.41, 5.74) is 4.36. The summed E-state index contributed by atoms with van der Waals surface area (Å²) in [6.07, 6.45) is 5.54. The Bertz CT molecular complexity index is 1090. The Labute approximate surface area is 201 Å². The SMILES string of the molecule is CCOc1cc(C(=O)NCC(CC)N2CCc3ccccc3C2)ccc1OCc1cccnc1. The number of hydrogen-bond donors (Lipinski definition) is 1. The summed E-state index contributed by atoms with van der Waals surface area (Å²) >= 11 is 0. The van der Waals surface area contributed by atoms with E-state index in [4.69, 9.17) is 9.47 Å². The van der Waals surface area contributed by atoms with E-state index in [-0.39, 0.29) is 5.91 Å². The lowest BCUT2D eigenvalue weighted by Gasteiger charge is -2.35. The number of ether oxygens (including phenoxy) is 2. The second-order valence-electron chi connectivity index (χ2n) is 8.51. The first-order valence-electron chi connectivity index (χ1n) is 12.1. The van der Waals surface area contributed by atoms with E-state index in [0.717, 1.165) is 31.5 Å². The summed E-state index contributed by atoms with van der Waals surface area (Å²) < 4.78 is 11.7. The van der Waals surface area contributed by atoms with Crippen molar-refractivity contribution in [1.82, 2.24) is 15.2 Å². The topological polar surface area (TPSA) is 63.7 Å². The Balaban J connectivity index is 1.37. The standard InChI is InChI=1S/C28H33N3O3/c1-3-25(31-15-13-22-9-5-6-10-24(22)19-31)18-30-28(32)23-11-12-26(27(16-23)33-4-2)34-20-21-8-7-14-29-17-21/h5-12,14,16-17,25H,3-4,13,15,18-20H2,1-2H3,(H,30,32). The Hall–Kier alpha value is -3.38. The molecule has 0 aliphatic carbocycles. The van der Waals surface area contributed by atoms with Crippen LogP contribution in [0.1, 0.15) is 47.3 Å². The minimum absolute atomic E-state index is 0.101. The lowest BCUT2D eigenvalue weighted by atomic mass is 9.98. The Morgan fingerprint density at radius 3 is 2.68 bits per heavy atom. The van der Waals surface area contributed by atoms with Gasteiger partial charge in [-0.1, -0.05) is 37.3 Å². The molecule has 4 rings (SSSR count). The average Bonchev–Trinajstić information content (AvgIpc) is 2.89. The maximum Gasteiger partial charge on any atom is 0.251 e. The Kier molecular flexibility index (Phi) is 8.15. The zero-order valence-corrected chi connectivity index (χ0v) is 20.0. The monoisotopic (exact) mass is 459 g/mol. The maximum atomic E-state index is 13.0. The van der Waals surface area contributed by atoms with Crippen LogP contribution in [-0.2, 0) is 19.6 Å². The Morgan fingerprint density at radius 2 is 1.91 bits per heavy atom. The van der Waals surface area contributed by atoms with Crippen molar-refractivity contribution in [3.05, 3.63) is 89.2 Å². The third-order valence-electron chi connectivity index (χ3n) is 6.27. The van der Waals surface area contributed by atoms with E-state index >= 15 is 0 Å². The molecule has 0 spiro atoms. The molecule has 1 atom stereocenters. The molecule has 0 bridgehead atoms. The van der Waals surface area contributed by atoms with Crippen molar-refractivity contribution in [2.24, 2.45) is 0 Å². The van der Waals surface area contributed by atoms with E-state index in [9.17, 15) is 4.79 Å². The summed E-state index contributed by atoms with van der Waals surface area (Å²) in [7, 11) is 0. The molecule has 0 saturated heterocycles. The fourth-order valence-electron chi connectivity index (χ4n) is 4.35.